The molecule has 1 saturated carbocycles. The predicted molar refractivity (Wildman–Crippen MR) is 288 cm³/mol. The fourth-order valence-corrected chi connectivity index (χ4v) is 12.5. The van der Waals surface area contributed by atoms with E-state index < -0.39 is 56.2 Å². The van der Waals surface area contributed by atoms with E-state index in [1.54, 1.807) is 44.3 Å². The molecule has 1 fully saturated rings. The Kier molecular flexibility index (Phi) is 17.2. The fourth-order valence-electron chi connectivity index (χ4n) is 9.35. The highest BCUT2D eigenvalue weighted by Gasteiger charge is 2.46. The van der Waals surface area contributed by atoms with Crippen molar-refractivity contribution in [1.82, 2.24) is 16.0 Å². The van der Waals surface area contributed by atoms with Crippen molar-refractivity contribution in [2.24, 2.45) is 5.41 Å². The monoisotopic (exact) mass is 989 g/mol. The highest BCUT2D eigenvalue weighted by molar-refractivity contribution is 8.01. The van der Waals surface area contributed by atoms with Crippen LogP contribution in [0.2, 0.25) is 0 Å². The van der Waals surface area contributed by atoms with Crippen molar-refractivity contribution >= 4 is 47.4 Å². The van der Waals surface area contributed by atoms with Crippen LogP contribution in [0.15, 0.2) is 182 Å². The molecule has 2 atom stereocenters. The number of esters is 1. The van der Waals surface area contributed by atoms with Crippen molar-refractivity contribution in [2.45, 2.75) is 100 Å². The summed E-state index contributed by atoms with van der Waals surface area (Å²) in [6.45, 7) is 10.8. The molecule has 0 spiro atoms. The Morgan fingerprint density at radius 3 is 1.13 bits per heavy atom. The first-order valence-corrected chi connectivity index (χ1v) is 26.4. The Labute approximate surface area is 428 Å². The fraction of sp³-hybridized carbons (Fsp3) is 0.333. The number of amides is 3. The lowest BCUT2D eigenvalue weighted by Gasteiger charge is -2.37. The molecule has 0 radical (unpaired) electrons. The van der Waals surface area contributed by atoms with Gasteiger partial charge in [0.2, 0.25) is 11.8 Å². The second-order valence-electron chi connectivity index (χ2n) is 20.1. The van der Waals surface area contributed by atoms with Crippen molar-refractivity contribution in [1.29, 1.82) is 0 Å². The molecule has 2 unspecified atom stereocenters. The third-order valence-corrected chi connectivity index (χ3v) is 15.9. The summed E-state index contributed by atoms with van der Waals surface area (Å²) in [6.07, 6.45) is 1.78. The maximum atomic E-state index is 15.1. The number of benzene rings is 6. The summed E-state index contributed by atoms with van der Waals surface area (Å²) in [4.78, 5) is 57.8. The zero-order chi connectivity index (χ0) is 50.5. The molecule has 0 aromatic heterocycles. The number of hydrogen-bond acceptors (Lipinski definition) is 8. The van der Waals surface area contributed by atoms with Crippen molar-refractivity contribution in [3.63, 3.8) is 0 Å². The Morgan fingerprint density at radius 1 is 0.479 bits per heavy atom. The third-order valence-electron chi connectivity index (χ3n) is 12.7. The average Bonchev–Trinajstić information content (AvgIpc) is 3.86. The van der Waals surface area contributed by atoms with E-state index in [2.05, 4.69) is 88.7 Å². The molecule has 370 valence electrons. The molecule has 1 aliphatic carbocycles. The van der Waals surface area contributed by atoms with Crippen LogP contribution in [0.1, 0.15) is 101 Å². The number of alkyl carbamates (subject to hydrolysis) is 1. The lowest BCUT2D eigenvalue weighted by atomic mass is 9.84. The number of thioether (sulfide) groups is 2. The molecular weight excluding hydrogens is 923 g/mol. The highest BCUT2D eigenvalue weighted by atomic mass is 32.2. The van der Waals surface area contributed by atoms with E-state index in [0.29, 0.717) is 12.8 Å². The van der Waals surface area contributed by atoms with Crippen molar-refractivity contribution in [2.75, 3.05) is 18.1 Å². The average molecular weight is 990 g/mol. The van der Waals surface area contributed by atoms with Gasteiger partial charge in [0.25, 0.3) is 0 Å². The van der Waals surface area contributed by atoms with Gasteiger partial charge < -0.3 is 25.4 Å². The van der Waals surface area contributed by atoms with Crippen LogP contribution in [-0.2, 0) is 33.4 Å². The van der Waals surface area contributed by atoms with Crippen LogP contribution in [-0.4, -0.2) is 65.2 Å². The van der Waals surface area contributed by atoms with Crippen LogP contribution in [0.3, 0.4) is 0 Å². The summed E-state index contributed by atoms with van der Waals surface area (Å²) >= 11 is 3.11. The number of hydrogen-bond donors (Lipinski definition) is 3. The Balaban J connectivity index is 1.18. The van der Waals surface area contributed by atoms with E-state index in [-0.39, 0.29) is 24.0 Å². The van der Waals surface area contributed by atoms with Crippen LogP contribution in [0.4, 0.5) is 4.79 Å². The molecule has 3 amide bonds. The number of nitrogens with one attached hydrogen (secondary N) is 3. The molecule has 0 saturated heterocycles. The topological polar surface area (TPSA) is 123 Å². The number of ether oxygens (including phenoxy) is 2. The molecular formula is C60H67N3O6S2. The van der Waals surface area contributed by atoms with E-state index in [1.165, 1.54) is 0 Å². The summed E-state index contributed by atoms with van der Waals surface area (Å²) in [5.41, 5.74) is 3.39. The van der Waals surface area contributed by atoms with Gasteiger partial charge in [-0.15, -0.1) is 23.5 Å². The Bertz CT molecular complexity index is 2460. The minimum absolute atomic E-state index is 0.00774. The van der Waals surface area contributed by atoms with Gasteiger partial charge in [-0.2, -0.15) is 0 Å². The summed E-state index contributed by atoms with van der Waals surface area (Å²) in [5, 5.41) is 9.21. The second-order valence-corrected chi connectivity index (χ2v) is 22.6. The van der Waals surface area contributed by atoms with Crippen molar-refractivity contribution in [3.05, 3.63) is 215 Å². The molecule has 0 aliphatic heterocycles. The zero-order valence-electron chi connectivity index (χ0n) is 41.7. The molecule has 9 nitrogen and oxygen atoms in total. The van der Waals surface area contributed by atoms with E-state index in [4.69, 9.17) is 9.47 Å². The second kappa shape index (κ2) is 23.3. The standard InChI is InChI=1S/C60H67N3O6S2/c1-56(2,3)68-53(65)51(42-71-60(47-33-19-10-20-34-47,48-35-21-11-22-36-48)49-37-23-12-24-38-49)62-54(66)58(39-25-26-40-58)43-61-52(64)50(63-55(67)69-57(4,5)6)41-70-59(44-27-13-7-14-28-44,45-29-15-8-16-30-45)46-31-17-9-18-32-46/h7-24,27-38,50-51H,25-26,39-43H2,1-6H3,(H,61,64)(H,62,66)(H,63,67). The first-order valence-electron chi connectivity index (χ1n) is 24.5. The lowest BCUT2D eigenvalue weighted by molar-refractivity contribution is -0.158. The summed E-state index contributed by atoms with van der Waals surface area (Å²) < 4.78 is 10.2. The van der Waals surface area contributed by atoms with Gasteiger partial charge in [-0.05, 0) is 87.8 Å². The van der Waals surface area contributed by atoms with Gasteiger partial charge in [-0.3, -0.25) is 9.59 Å². The van der Waals surface area contributed by atoms with Gasteiger partial charge in [0.15, 0.2) is 0 Å². The number of carbonyl (C=O) groups excluding carboxylic acids is 4. The van der Waals surface area contributed by atoms with Crippen LogP contribution < -0.4 is 16.0 Å². The quantitative estimate of drug-likeness (QED) is 0.0542. The lowest BCUT2D eigenvalue weighted by Crippen LogP contribution is -2.56. The largest absolute Gasteiger partial charge is 0.458 e. The van der Waals surface area contributed by atoms with E-state index in [1.807, 2.05) is 130 Å². The van der Waals surface area contributed by atoms with Crippen LogP contribution in [0.25, 0.3) is 0 Å². The highest BCUT2D eigenvalue weighted by Crippen LogP contribution is 2.50. The van der Waals surface area contributed by atoms with Gasteiger partial charge in [-0.25, -0.2) is 9.59 Å². The smallest absolute Gasteiger partial charge is 0.408 e. The molecule has 6 aromatic carbocycles. The molecule has 11 heteroatoms. The van der Waals surface area contributed by atoms with Gasteiger partial charge in [-0.1, -0.05) is 195 Å². The molecule has 1 aliphatic rings. The summed E-state index contributed by atoms with van der Waals surface area (Å²) in [7, 11) is 0. The Hall–Kier alpha value is -6.30. The Morgan fingerprint density at radius 2 is 0.803 bits per heavy atom. The van der Waals surface area contributed by atoms with E-state index in [9.17, 15) is 14.4 Å². The maximum Gasteiger partial charge on any atom is 0.408 e. The van der Waals surface area contributed by atoms with E-state index in [0.717, 1.165) is 46.2 Å². The molecule has 6 aromatic rings. The van der Waals surface area contributed by atoms with Crippen LogP contribution in [0.5, 0.6) is 0 Å². The normalized spacial score (nSPS) is 14.6. The van der Waals surface area contributed by atoms with Gasteiger partial charge >= 0.3 is 12.1 Å². The summed E-state index contributed by atoms with van der Waals surface area (Å²) in [5.74, 6) is -1.02. The third kappa shape index (κ3) is 13.0. The predicted octanol–water partition coefficient (Wildman–Crippen LogP) is 11.8. The molecule has 0 bridgehead atoms. The van der Waals surface area contributed by atoms with Crippen molar-refractivity contribution in [3.8, 4) is 0 Å². The maximum absolute atomic E-state index is 15.1. The first kappa shape index (κ1) is 52.5. The number of carbonyl (C=O) groups is 4. The summed E-state index contributed by atoms with van der Waals surface area (Å²) in [6, 6.07) is 59.0. The van der Waals surface area contributed by atoms with Gasteiger partial charge in [0.05, 0.1) is 14.9 Å². The molecule has 71 heavy (non-hydrogen) atoms. The number of rotatable bonds is 19. The van der Waals surface area contributed by atoms with Crippen LogP contribution >= 0.6 is 23.5 Å². The van der Waals surface area contributed by atoms with Crippen molar-refractivity contribution < 1.29 is 28.7 Å². The first-order chi connectivity index (χ1) is 34.0. The zero-order valence-corrected chi connectivity index (χ0v) is 43.3. The SMILES string of the molecule is CC(C)(C)OC(=O)NC(CSC(c1ccccc1)(c1ccccc1)c1ccccc1)C(=O)NCC1(C(=O)NC(CSC(c2ccccc2)(c2ccccc2)c2ccccc2)C(=O)OC(C)(C)C)CCCC1. The van der Waals surface area contributed by atoms with Gasteiger partial charge in [0, 0.05) is 18.1 Å². The molecule has 0 heterocycles. The minimum atomic E-state index is -1.07. The van der Waals surface area contributed by atoms with Crippen LogP contribution in [0, 0.1) is 5.41 Å². The van der Waals surface area contributed by atoms with E-state index >= 15 is 4.79 Å². The molecule has 3 N–H and O–H groups in total. The minimum Gasteiger partial charge on any atom is -0.458 e. The van der Waals surface area contributed by atoms with Gasteiger partial charge in [0.1, 0.15) is 23.3 Å². The molecule has 7 rings (SSSR count).